The van der Waals surface area contributed by atoms with Crippen molar-refractivity contribution in [3.8, 4) is 0 Å². The SMILES string of the molecule is CC1=c2ccc([N+](C)([O-])c3ccnc(Nc4ccc(C)c(S(N)(=O)=O)c4)n3)cc2=N[NH+]1C. The lowest BCUT2D eigenvalue weighted by atomic mass is 10.2. The van der Waals surface area contributed by atoms with Crippen LogP contribution >= 0.6 is 0 Å². The number of fused-ring (bicyclic) bond motifs is 1. The molecule has 0 saturated carbocycles. The average molecular weight is 455 g/mol. The van der Waals surface area contributed by atoms with Gasteiger partial charge in [-0.25, -0.2) is 18.5 Å². The van der Waals surface area contributed by atoms with Crippen LogP contribution in [-0.4, -0.2) is 32.5 Å². The third-order valence-electron chi connectivity index (χ3n) is 5.54. The van der Waals surface area contributed by atoms with E-state index in [0.29, 0.717) is 16.9 Å². The van der Waals surface area contributed by atoms with Crippen LogP contribution in [0.4, 0.5) is 23.1 Å². The number of aromatic nitrogens is 2. The highest BCUT2D eigenvalue weighted by Gasteiger charge is 2.23. The van der Waals surface area contributed by atoms with Crippen LogP contribution in [0.25, 0.3) is 5.70 Å². The van der Waals surface area contributed by atoms with E-state index < -0.39 is 14.7 Å². The molecule has 11 heteroatoms. The van der Waals surface area contributed by atoms with Crippen LogP contribution in [0, 0.1) is 12.1 Å². The molecule has 3 aromatic rings. The molecule has 4 N–H and O–H groups in total. The zero-order chi connectivity index (χ0) is 23.3. The lowest BCUT2D eigenvalue weighted by Crippen LogP contribution is -3.00. The van der Waals surface area contributed by atoms with E-state index in [4.69, 9.17) is 5.14 Å². The fourth-order valence-electron chi connectivity index (χ4n) is 3.55. The minimum Gasteiger partial charge on any atom is -0.621 e. The first-order valence-corrected chi connectivity index (χ1v) is 11.4. The smallest absolute Gasteiger partial charge is 0.238 e. The van der Waals surface area contributed by atoms with Crippen LogP contribution in [0.15, 0.2) is 58.7 Å². The van der Waals surface area contributed by atoms with Gasteiger partial charge in [-0.3, -0.25) is 4.65 Å². The molecule has 2 aromatic carbocycles. The van der Waals surface area contributed by atoms with Gasteiger partial charge in [-0.15, -0.1) is 0 Å². The van der Waals surface area contributed by atoms with E-state index in [0.717, 1.165) is 21.3 Å². The Morgan fingerprint density at radius 3 is 2.59 bits per heavy atom. The molecule has 32 heavy (non-hydrogen) atoms. The van der Waals surface area contributed by atoms with Crippen molar-refractivity contribution in [1.29, 1.82) is 0 Å². The second-order valence-electron chi connectivity index (χ2n) is 7.84. The van der Waals surface area contributed by atoms with Crippen molar-refractivity contribution in [2.45, 2.75) is 18.7 Å². The molecule has 0 fully saturated rings. The Morgan fingerprint density at radius 2 is 1.88 bits per heavy atom. The Labute approximate surface area is 185 Å². The molecular weight excluding hydrogens is 430 g/mol. The van der Waals surface area contributed by atoms with Gasteiger partial charge in [0, 0.05) is 37.0 Å². The Morgan fingerprint density at radius 1 is 1.12 bits per heavy atom. The number of quaternary nitrogens is 2. The summed E-state index contributed by atoms with van der Waals surface area (Å²) < 4.78 is 22.7. The molecule has 166 valence electrons. The summed E-state index contributed by atoms with van der Waals surface area (Å²) in [5.41, 5.74) is 2.53. The predicted octanol–water partition coefficient (Wildman–Crippen LogP) is 0.134. The van der Waals surface area contributed by atoms with Crippen LogP contribution < -0.4 is 30.7 Å². The summed E-state index contributed by atoms with van der Waals surface area (Å²) in [7, 11) is -0.448. The van der Waals surface area contributed by atoms with Crippen molar-refractivity contribution < 1.29 is 13.4 Å². The van der Waals surface area contributed by atoms with E-state index in [1.165, 1.54) is 19.3 Å². The second kappa shape index (κ2) is 7.73. The van der Waals surface area contributed by atoms with Crippen LogP contribution in [-0.2, 0) is 10.0 Å². The van der Waals surface area contributed by atoms with E-state index in [1.54, 1.807) is 37.3 Å². The Balaban J connectivity index is 1.68. The van der Waals surface area contributed by atoms with Gasteiger partial charge in [-0.2, -0.15) is 9.99 Å². The van der Waals surface area contributed by atoms with Crippen LogP contribution in [0.5, 0.6) is 0 Å². The van der Waals surface area contributed by atoms with Gasteiger partial charge in [0.2, 0.25) is 21.8 Å². The van der Waals surface area contributed by atoms with Crippen molar-refractivity contribution >= 4 is 38.9 Å². The van der Waals surface area contributed by atoms with Crippen LogP contribution in [0.3, 0.4) is 0 Å². The topological polar surface area (TPSA) is 138 Å². The molecule has 0 saturated heterocycles. The third kappa shape index (κ3) is 3.99. The van der Waals surface area contributed by atoms with E-state index in [9.17, 15) is 13.6 Å². The first-order chi connectivity index (χ1) is 15.0. The minimum absolute atomic E-state index is 0.00388. The first kappa shape index (κ1) is 22.0. The van der Waals surface area contributed by atoms with E-state index in [2.05, 4.69) is 20.4 Å². The molecule has 0 amide bonds. The lowest BCUT2D eigenvalue weighted by Gasteiger charge is -2.35. The maximum Gasteiger partial charge on any atom is 0.238 e. The maximum absolute atomic E-state index is 13.6. The number of primary sulfonamides is 1. The van der Waals surface area contributed by atoms with Gasteiger partial charge in [0.25, 0.3) is 0 Å². The monoisotopic (exact) mass is 454 g/mol. The van der Waals surface area contributed by atoms with Crippen molar-refractivity contribution in [2.75, 3.05) is 19.4 Å². The van der Waals surface area contributed by atoms with Gasteiger partial charge in [-0.1, -0.05) is 11.2 Å². The average Bonchev–Trinajstić information content (AvgIpc) is 3.02. The molecule has 2 atom stereocenters. The summed E-state index contributed by atoms with van der Waals surface area (Å²) in [6, 6.07) is 11.7. The number of hydrogen-bond acceptors (Lipinski definition) is 7. The molecule has 0 radical (unpaired) electrons. The fourth-order valence-corrected chi connectivity index (χ4v) is 4.36. The van der Waals surface area contributed by atoms with Gasteiger partial charge < -0.3 is 10.5 Å². The number of rotatable bonds is 5. The van der Waals surface area contributed by atoms with Crippen LogP contribution in [0.2, 0.25) is 0 Å². The van der Waals surface area contributed by atoms with E-state index in [-0.39, 0.29) is 16.7 Å². The highest BCUT2D eigenvalue weighted by atomic mass is 32.2. The van der Waals surface area contributed by atoms with Crippen molar-refractivity contribution in [3.63, 3.8) is 0 Å². The normalized spacial score (nSPS) is 17.4. The molecule has 0 aliphatic carbocycles. The Bertz CT molecular complexity index is 1450. The standard InChI is InChI=1S/C21H23N7O3S/c1-13-5-6-15(11-19(13)32(22,30)31)24-21-23-10-9-20(25-21)28(4,29)16-7-8-17-14(2)27(3)26-18(17)12-16/h5-12H,1-4H3,(H2,22,30,31)(H,23,24,25)/p+1. The van der Waals surface area contributed by atoms with Gasteiger partial charge in [0.15, 0.2) is 0 Å². The molecule has 1 aromatic heterocycles. The first-order valence-electron chi connectivity index (χ1n) is 9.82. The minimum atomic E-state index is -3.87. The summed E-state index contributed by atoms with van der Waals surface area (Å²) in [6.07, 6.45) is 1.47. The van der Waals surface area contributed by atoms with Crippen molar-refractivity contribution in [3.05, 3.63) is 70.0 Å². The number of sulfonamides is 1. The van der Waals surface area contributed by atoms with E-state index in [1.807, 2.05) is 20.0 Å². The van der Waals surface area contributed by atoms with Gasteiger partial charge >= 0.3 is 0 Å². The third-order valence-corrected chi connectivity index (χ3v) is 6.59. The second-order valence-corrected chi connectivity index (χ2v) is 9.37. The Hall–Kier alpha value is -3.22. The molecule has 0 spiro atoms. The summed E-state index contributed by atoms with van der Waals surface area (Å²) in [5.74, 6) is 0.367. The van der Waals surface area contributed by atoms with Crippen molar-refractivity contribution in [2.24, 2.45) is 10.2 Å². The summed E-state index contributed by atoms with van der Waals surface area (Å²) >= 11 is 0. The van der Waals surface area contributed by atoms with E-state index >= 15 is 0 Å². The van der Waals surface area contributed by atoms with Gasteiger partial charge in [-0.05, 0) is 30.7 Å². The number of hydrogen-bond donors (Lipinski definition) is 3. The molecule has 1 aliphatic heterocycles. The quantitative estimate of drug-likeness (QED) is 0.370. The number of nitrogens with one attached hydrogen (secondary N) is 2. The fraction of sp³-hybridized carbons (Fsp3) is 0.190. The molecular formula is C21H24N7O3S+. The summed E-state index contributed by atoms with van der Waals surface area (Å²) in [4.78, 5) is 8.53. The van der Waals surface area contributed by atoms with Gasteiger partial charge in [0.05, 0.1) is 24.2 Å². The van der Waals surface area contributed by atoms with Crippen LogP contribution in [0.1, 0.15) is 12.5 Å². The number of aryl methyl sites for hydroxylation is 1. The van der Waals surface area contributed by atoms with Crippen molar-refractivity contribution in [1.82, 2.24) is 14.6 Å². The summed E-state index contributed by atoms with van der Waals surface area (Å²) in [5, 5.41) is 29.0. The number of nitrogens with zero attached hydrogens (tertiary/aromatic N) is 4. The highest BCUT2D eigenvalue weighted by molar-refractivity contribution is 7.89. The number of hydroxylamine groups is 1. The molecule has 2 heterocycles. The predicted molar refractivity (Wildman–Crippen MR) is 122 cm³/mol. The number of nitrogens with two attached hydrogens (primary N) is 1. The Kier molecular flexibility index (Phi) is 5.31. The number of benzene rings is 2. The highest BCUT2D eigenvalue weighted by Crippen LogP contribution is 2.29. The lowest BCUT2D eigenvalue weighted by molar-refractivity contribution is -0.812. The molecule has 0 bridgehead atoms. The van der Waals surface area contributed by atoms with Gasteiger partial charge in [0.1, 0.15) is 16.7 Å². The molecule has 4 rings (SSSR count). The maximum atomic E-state index is 13.6. The molecule has 2 unspecified atom stereocenters. The zero-order valence-corrected chi connectivity index (χ0v) is 18.9. The number of anilines is 2. The molecule has 1 aliphatic rings. The zero-order valence-electron chi connectivity index (χ0n) is 18.1. The largest absolute Gasteiger partial charge is 0.621 e. The summed E-state index contributed by atoms with van der Waals surface area (Å²) in [6.45, 7) is 3.66. The molecule has 10 nitrogen and oxygen atoms in total.